The Bertz CT molecular complexity index is 1180. The molecule has 3 heterocycles. The van der Waals surface area contributed by atoms with Gasteiger partial charge in [-0.1, -0.05) is 49.6 Å². The zero-order chi connectivity index (χ0) is 19.7. The summed E-state index contributed by atoms with van der Waals surface area (Å²) in [5.41, 5.74) is 10.9. The minimum Gasteiger partial charge on any atom is -0.464 e. The van der Waals surface area contributed by atoms with E-state index in [0.717, 1.165) is 22.4 Å². The second-order valence-corrected chi connectivity index (χ2v) is 6.75. The lowest BCUT2D eigenvalue weighted by Crippen LogP contribution is -2.05. The van der Waals surface area contributed by atoms with Crippen LogP contribution in [0.1, 0.15) is 5.69 Å². The Morgan fingerprint density at radius 3 is 2.57 bits per heavy atom. The van der Waals surface area contributed by atoms with Crippen LogP contribution >= 0.6 is 15.9 Å². The summed E-state index contributed by atoms with van der Waals surface area (Å²) < 4.78 is 7.40. The Labute approximate surface area is 170 Å². The number of benzene rings is 1. The quantitative estimate of drug-likeness (QED) is 0.451. The van der Waals surface area contributed by atoms with E-state index in [-0.39, 0.29) is 0 Å². The van der Waals surface area contributed by atoms with Gasteiger partial charge in [-0.15, -0.1) is 0 Å². The summed E-state index contributed by atoms with van der Waals surface area (Å²) in [6.07, 6.45) is 4.81. The molecule has 0 radical (unpaired) electrons. The second-order valence-electron chi connectivity index (χ2n) is 5.96. The molecular formula is C21H16BrN5O. The summed E-state index contributed by atoms with van der Waals surface area (Å²) in [5.74, 6) is 0.731. The van der Waals surface area contributed by atoms with Crippen LogP contribution < -0.4 is 5.73 Å². The number of fused-ring (bicyclic) bond motifs is 1. The molecule has 3 aromatic heterocycles. The van der Waals surface area contributed by atoms with Crippen molar-refractivity contribution in [1.29, 1.82) is 0 Å². The Balaban J connectivity index is 1.81. The lowest BCUT2D eigenvalue weighted by molar-refractivity contribution is 0.437. The Morgan fingerprint density at radius 1 is 1.11 bits per heavy atom. The fourth-order valence-electron chi connectivity index (χ4n) is 2.87. The van der Waals surface area contributed by atoms with Gasteiger partial charge < -0.3 is 10.5 Å². The number of ether oxygens (including phenoxy) is 1. The number of nitrogens with zero attached hydrogens (tertiary/aromatic N) is 4. The lowest BCUT2D eigenvalue weighted by atomic mass is 10.1. The molecule has 2 N–H and O–H groups in total. The predicted octanol–water partition coefficient (Wildman–Crippen LogP) is 4.93. The van der Waals surface area contributed by atoms with Crippen molar-refractivity contribution in [1.82, 2.24) is 19.6 Å². The highest BCUT2D eigenvalue weighted by molar-refractivity contribution is 9.10. The van der Waals surface area contributed by atoms with Gasteiger partial charge in [-0.3, -0.25) is 4.98 Å². The third-order valence-electron chi connectivity index (χ3n) is 4.26. The van der Waals surface area contributed by atoms with E-state index in [4.69, 9.17) is 10.5 Å². The van der Waals surface area contributed by atoms with Crippen molar-refractivity contribution < 1.29 is 4.74 Å². The SMILES string of the molecule is C=COC(=C)c1nc2c(-c3ccc(-c4ccccc4)nc3)cnn2c(N)c1Br. The first-order chi connectivity index (χ1) is 13.6. The highest BCUT2D eigenvalue weighted by Crippen LogP contribution is 2.32. The van der Waals surface area contributed by atoms with Crippen LogP contribution in [0.5, 0.6) is 0 Å². The number of nitrogen functional groups attached to an aromatic ring is 1. The fraction of sp³-hybridized carbons (Fsp3) is 0. The molecule has 4 rings (SSSR count). The first-order valence-corrected chi connectivity index (χ1v) is 9.21. The molecule has 0 saturated carbocycles. The van der Waals surface area contributed by atoms with E-state index in [1.54, 1.807) is 16.9 Å². The standard InChI is InChI=1S/C21H16BrN5O/c1-3-28-13(2)19-18(22)20(23)27-21(26-19)16(12-25-27)15-9-10-17(24-11-15)14-7-5-4-6-8-14/h3-12H,1-2,23H2. The molecule has 1 aromatic carbocycles. The summed E-state index contributed by atoms with van der Waals surface area (Å²) in [6, 6.07) is 14.0. The summed E-state index contributed by atoms with van der Waals surface area (Å²) in [6.45, 7) is 7.42. The van der Waals surface area contributed by atoms with E-state index in [0.29, 0.717) is 27.4 Å². The largest absolute Gasteiger partial charge is 0.464 e. The van der Waals surface area contributed by atoms with Gasteiger partial charge in [0.2, 0.25) is 0 Å². The van der Waals surface area contributed by atoms with Crippen LogP contribution in [0.4, 0.5) is 5.82 Å². The minimum atomic E-state index is 0.334. The molecule has 6 nitrogen and oxygen atoms in total. The number of hydrogen-bond acceptors (Lipinski definition) is 5. The second kappa shape index (κ2) is 7.28. The third kappa shape index (κ3) is 3.05. The Kier molecular flexibility index (Phi) is 4.67. The molecule has 0 spiro atoms. The molecule has 138 valence electrons. The maximum atomic E-state index is 6.22. The lowest BCUT2D eigenvalue weighted by Gasteiger charge is -2.10. The molecule has 0 aliphatic carbocycles. The average Bonchev–Trinajstić information content (AvgIpc) is 3.15. The molecule has 4 aromatic rings. The van der Waals surface area contributed by atoms with Crippen LogP contribution in [-0.2, 0) is 4.74 Å². The van der Waals surface area contributed by atoms with Gasteiger partial charge in [0.1, 0.15) is 17.3 Å². The number of pyridine rings is 1. The van der Waals surface area contributed by atoms with Crippen molar-refractivity contribution in [3.8, 4) is 22.4 Å². The molecule has 0 saturated heterocycles. The number of hydrogen-bond donors (Lipinski definition) is 1. The van der Waals surface area contributed by atoms with Gasteiger partial charge in [0.25, 0.3) is 0 Å². The van der Waals surface area contributed by atoms with Crippen LogP contribution in [-0.4, -0.2) is 19.6 Å². The summed E-state index contributed by atoms with van der Waals surface area (Å²) in [5, 5.41) is 4.36. The summed E-state index contributed by atoms with van der Waals surface area (Å²) >= 11 is 3.44. The monoisotopic (exact) mass is 433 g/mol. The van der Waals surface area contributed by atoms with Gasteiger partial charge in [-0.25, -0.2) is 4.98 Å². The maximum Gasteiger partial charge on any atom is 0.166 e. The first kappa shape index (κ1) is 17.9. The normalized spacial score (nSPS) is 10.8. The van der Waals surface area contributed by atoms with Gasteiger partial charge in [0, 0.05) is 22.9 Å². The van der Waals surface area contributed by atoms with E-state index < -0.39 is 0 Å². The molecule has 0 aliphatic rings. The number of aromatic nitrogens is 4. The first-order valence-electron chi connectivity index (χ1n) is 8.41. The van der Waals surface area contributed by atoms with E-state index in [1.807, 2.05) is 42.5 Å². The van der Waals surface area contributed by atoms with Gasteiger partial charge in [-0.05, 0) is 22.0 Å². The van der Waals surface area contributed by atoms with Gasteiger partial charge in [0.05, 0.1) is 22.6 Å². The zero-order valence-electron chi connectivity index (χ0n) is 14.8. The minimum absolute atomic E-state index is 0.334. The maximum absolute atomic E-state index is 6.22. The van der Waals surface area contributed by atoms with Crippen LogP contribution in [0.25, 0.3) is 33.8 Å². The van der Waals surface area contributed by atoms with Gasteiger partial charge >= 0.3 is 0 Å². The van der Waals surface area contributed by atoms with Crippen LogP contribution in [0.2, 0.25) is 0 Å². The van der Waals surface area contributed by atoms with Crippen molar-refractivity contribution in [3.05, 3.63) is 84.4 Å². The number of anilines is 1. The molecule has 0 unspecified atom stereocenters. The third-order valence-corrected chi connectivity index (χ3v) is 5.04. The number of halogens is 1. The molecular weight excluding hydrogens is 418 g/mol. The average molecular weight is 434 g/mol. The van der Waals surface area contributed by atoms with Crippen molar-refractivity contribution in [2.45, 2.75) is 0 Å². The highest BCUT2D eigenvalue weighted by Gasteiger charge is 2.18. The molecule has 0 amide bonds. The van der Waals surface area contributed by atoms with E-state index in [1.165, 1.54) is 6.26 Å². The van der Waals surface area contributed by atoms with Gasteiger partial charge in [0.15, 0.2) is 5.65 Å². The van der Waals surface area contributed by atoms with Crippen LogP contribution in [0, 0.1) is 0 Å². The van der Waals surface area contributed by atoms with E-state index in [2.05, 4.69) is 44.2 Å². The van der Waals surface area contributed by atoms with Crippen LogP contribution in [0.3, 0.4) is 0 Å². The van der Waals surface area contributed by atoms with E-state index >= 15 is 0 Å². The zero-order valence-corrected chi connectivity index (χ0v) is 16.4. The molecule has 0 bridgehead atoms. The Hall–Kier alpha value is -3.45. The Morgan fingerprint density at radius 2 is 1.89 bits per heavy atom. The summed E-state index contributed by atoms with van der Waals surface area (Å²) in [7, 11) is 0. The van der Waals surface area contributed by atoms with Crippen molar-refractivity contribution in [2.75, 3.05) is 5.73 Å². The number of nitrogens with two attached hydrogens (primary N) is 1. The van der Waals surface area contributed by atoms with Crippen molar-refractivity contribution in [2.24, 2.45) is 0 Å². The molecule has 28 heavy (non-hydrogen) atoms. The topological polar surface area (TPSA) is 78.3 Å². The molecule has 7 heteroatoms. The van der Waals surface area contributed by atoms with E-state index in [9.17, 15) is 0 Å². The molecule has 0 aliphatic heterocycles. The molecule has 0 fully saturated rings. The fourth-order valence-corrected chi connectivity index (χ4v) is 3.35. The predicted molar refractivity (Wildman–Crippen MR) is 114 cm³/mol. The van der Waals surface area contributed by atoms with Crippen molar-refractivity contribution >= 4 is 33.2 Å². The number of rotatable bonds is 5. The summed E-state index contributed by atoms with van der Waals surface area (Å²) in [4.78, 5) is 9.22. The van der Waals surface area contributed by atoms with Crippen LogP contribution in [0.15, 0.2) is 78.8 Å². The highest BCUT2D eigenvalue weighted by atomic mass is 79.9. The van der Waals surface area contributed by atoms with Crippen molar-refractivity contribution in [3.63, 3.8) is 0 Å². The smallest absolute Gasteiger partial charge is 0.166 e. The van der Waals surface area contributed by atoms with Gasteiger partial charge in [-0.2, -0.15) is 9.61 Å². The molecule has 0 atom stereocenters.